The number of nitrogens with one attached hydrogen (secondary N) is 1. The van der Waals surface area contributed by atoms with E-state index < -0.39 is 9.84 Å². The Morgan fingerprint density at radius 3 is 2.73 bits per heavy atom. The van der Waals surface area contributed by atoms with Crippen LogP contribution in [-0.2, 0) is 9.84 Å². The fourth-order valence-electron chi connectivity index (χ4n) is 2.83. The lowest BCUT2D eigenvalue weighted by Gasteiger charge is -2.25. The minimum Gasteiger partial charge on any atom is -0.312 e. The molecule has 88 valence electrons. The van der Waals surface area contributed by atoms with E-state index in [9.17, 15) is 8.42 Å². The van der Waals surface area contributed by atoms with Crippen LogP contribution < -0.4 is 5.32 Å². The third-order valence-corrected chi connectivity index (χ3v) is 6.28. The normalized spacial score (nSPS) is 39.7. The van der Waals surface area contributed by atoms with E-state index in [0.717, 1.165) is 32.2 Å². The Morgan fingerprint density at radius 1 is 1.40 bits per heavy atom. The molecule has 1 N–H and O–H groups in total. The van der Waals surface area contributed by atoms with Crippen molar-refractivity contribution in [1.82, 2.24) is 5.32 Å². The van der Waals surface area contributed by atoms with Gasteiger partial charge in [0.1, 0.15) is 0 Å². The smallest absolute Gasteiger partial charge is 0.153 e. The fourth-order valence-corrected chi connectivity index (χ4v) is 4.74. The van der Waals surface area contributed by atoms with Crippen molar-refractivity contribution < 1.29 is 8.42 Å². The van der Waals surface area contributed by atoms with Crippen LogP contribution in [0.5, 0.6) is 0 Å². The Morgan fingerprint density at radius 2 is 2.20 bits per heavy atom. The van der Waals surface area contributed by atoms with Gasteiger partial charge in [-0.25, -0.2) is 8.42 Å². The van der Waals surface area contributed by atoms with Gasteiger partial charge in [0.15, 0.2) is 9.84 Å². The zero-order chi connectivity index (χ0) is 10.9. The monoisotopic (exact) mass is 231 g/mol. The Hall–Kier alpha value is -0.0900. The molecule has 0 aromatic carbocycles. The fraction of sp³-hybridized carbons (Fsp3) is 1.00. The van der Waals surface area contributed by atoms with E-state index in [1.807, 2.05) is 0 Å². The molecule has 2 fully saturated rings. The molecule has 0 spiro atoms. The first-order chi connectivity index (χ1) is 7.02. The van der Waals surface area contributed by atoms with Crippen LogP contribution in [0.15, 0.2) is 0 Å². The van der Waals surface area contributed by atoms with Crippen molar-refractivity contribution in [2.45, 2.75) is 56.2 Å². The third kappa shape index (κ3) is 2.53. The van der Waals surface area contributed by atoms with Gasteiger partial charge in [-0.15, -0.1) is 0 Å². The number of hydrogen-bond donors (Lipinski definition) is 1. The molecule has 3 nitrogen and oxygen atoms in total. The molecule has 0 saturated carbocycles. The number of hydrogen-bond acceptors (Lipinski definition) is 3. The Bertz CT molecular complexity index is 317. The standard InChI is InChI=1S/C11H21NO2S/c1-11(6-3-8-12-11)7-5-10-4-2-9-15(10,13)14/h10,12H,2-9H2,1H3. The van der Waals surface area contributed by atoms with Gasteiger partial charge in [-0.05, 0) is 52.0 Å². The van der Waals surface area contributed by atoms with E-state index in [1.165, 1.54) is 12.8 Å². The van der Waals surface area contributed by atoms with Gasteiger partial charge in [-0.1, -0.05) is 0 Å². The van der Waals surface area contributed by atoms with Crippen molar-refractivity contribution >= 4 is 9.84 Å². The predicted molar refractivity (Wildman–Crippen MR) is 61.7 cm³/mol. The lowest BCUT2D eigenvalue weighted by Crippen LogP contribution is -2.37. The van der Waals surface area contributed by atoms with Crippen molar-refractivity contribution in [3.05, 3.63) is 0 Å². The van der Waals surface area contributed by atoms with Gasteiger partial charge in [-0.2, -0.15) is 0 Å². The minimum atomic E-state index is -2.73. The molecule has 2 aliphatic heterocycles. The molecule has 2 aliphatic rings. The van der Waals surface area contributed by atoms with E-state index in [-0.39, 0.29) is 10.8 Å². The number of sulfone groups is 1. The van der Waals surface area contributed by atoms with Crippen molar-refractivity contribution in [1.29, 1.82) is 0 Å². The van der Waals surface area contributed by atoms with Crippen molar-refractivity contribution in [2.75, 3.05) is 12.3 Å². The highest BCUT2D eigenvalue weighted by molar-refractivity contribution is 7.92. The molecule has 0 aromatic heterocycles. The average Bonchev–Trinajstić information content (AvgIpc) is 2.70. The number of rotatable bonds is 3. The van der Waals surface area contributed by atoms with E-state index >= 15 is 0 Å². The predicted octanol–water partition coefficient (Wildman–Crippen LogP) is 1.49. The minimum absolute atomic E-state index is 0.0447. The maximum absolute atomic E-state index is 11.7. The molecule has 0 bridgehead atoms. The molecule has 2 unspecified atom stereocenters. The molecule has 2 saturated heterocycles. The van der Waals surface area contributed by atoms with Crippen molar-refractivity contribution in [3.63, 3.8) is 0 Å². The highest BCUT2D eigenvalue weighted by atomic mass is 32.2. The molecular formula is C11H21NO2S. The maximum atomic E-state index is 11.7. The van der Waals surface area contributed by atoms with Gasteiger partial charge in [0.2, 0.25) is 0 Å². The van der Waals surface area contributed by atoms with Gasteiger partial charge in [0.25, 0.3) is 0 Å². The summed E-state index contributed by atoms with van der Waals surface area (Å²) >= 11 is 0. The molecule has 0 amide bonds. The second-order valence-corrected chi connectivity index (χ2v) is 7.66. The third-order valence-electron chi connectivity index (χ3n) is 3.94. The second kappa shape index (κ2) is 4.06. The molecule has 15 heavy (non-hydrogen) atoms. The first-order valence-corrected chi connectivity index (χ1v) is 7.70. The summed E-state index contributed by atoms with van der Waals surface area (Å²) < 4.78 is 23.3. The highest BCUT2D eigenvalue weighted by Gasteiger charge is 2.34. The molecule has 0 aliphatic carbocycles. The van der Waals surface area contributed by atoms with Crippen LogP contribution in [0, 0.1) is 0 Å². The Balaban J connectivity index is 1.88. The second-order valence-electron chi connectivity index (χ2n) is 5.26. The van der Waals surface area contributed by atoms with Gasteiger partial charge in [0.05, 0.1) is 11.0 Å². The van der Waals surface area contributed by atoms with Crippen LogP contribution in [0.3, 0.4) is 0 Å². The SMILES string of the molecule is CC1(CCC2CCCS2(=O)=O)CCCN1. The molecular weight excluding hydrogens is 210 g/mol. The molecule has 0 aromatic rings. The summed E-state index contributed by atoms with van der Waals surface area (Å²) in [6, 6.07) is 0. The van der Waals surface area contributed by atoms with E-state index in [0.29, 0.717) is 5.75 Å². The van der Waals surface area contributed by atoms with Crippen LogP contribution in [0.25, 0.3) is 0 Å². The summed E-state index contributed by atoms with van der Waals surface area (Å²) in [4.78, 5) is 0. The summed E-state index contributed by atoms with van der Waals surface area (Å²) in [5, 5.41) is 3.44. The summed E-state index contributed by atoms with van der Waals surface area (Å²) in [6.45, 7) is 3.31. The topological polar surface area (TPSA) is 46.2 Å². The highest BCUT2D eigenvalue weighted by Crippen LogP contribution is 2.30. The maximum Gasteiger partial charge on any atom is 0.153 e. The molecule has 2 atom stereocenters. The van der Waals surface area contributed by atoms with Crippen LogP contribution >= 0.6 is 0 Å². The summed E-state index contributed by atoms with van der Waals surface area (Å²) in [5.41, 5.74) is 0.206. The van der Waals surface area contributed by atoms with Gasteiger partial charge in [-0.3, -0.25) is 0 Å². The van der Waals surface area contributed by atoms with E-state index in [2.05, 4.69) is 12.2 Å². The Kier molecular flexibility index (Phi) is 3.08. The zero-order valence-electron chi connectivity index (χ0n) is 9.46. The van der Waals surface area contributed by atoms with Gasteiger partial charge >= 0.3 is 0 Å². The van der Waals surface area contributed by atoms with Crippen molar-refractivity contribution in [3.8, 4) is 0 Å². The molecule has 2 heterocycles. The van der Waals surface area contributed by atoms with Crippen molar-refractivity contribution in [2.24, 2.45) is 0 Å². The van der Waals surface area contributed by atoms with Crippen LogP contribution in [0.1, 0.15) is 45.4 Å². The van der Waals surface area contributed by atoms with Gasteiger partial charge in [0, 0.05) is 5.54 Å². The summed E-state index contributed by atoms with van der Waals surface area (Å²) in [6.07, 6.45) is 6.05. The Labute approximate surface area is 92.6 Å². The first kappa shape index (κ1) is 11.4. The van der Waals surface area contributed by atoms with Crippen LogP contribution in [0.2, 0.25) is 0 Å². The lowest BCUT2D eigenvalue weighted by atomic mass is 9.92. The van der Waals surface area contributed by atoms with Gasteiger partial charge < -0.3 is 5.32 Å². The molecule has 2 rings (SSSR count). The zero-order valence-corrected chi connectivity index (χ0v) is 10.3. The summed E-state index contributed by atoms with van der Waals surface area (Å²) in [5.74, 6) is 0.418. The first-order valence-electron chi connectivity index (χ1n) is 5.98. The van der Waals surface area contributed by atoms with E-state index in [4.69, 9.17) is 0 Å². The average molecular weight is 231 g/mol. The van der Waals surface area contributed by atoms with Crippen LogP contribution in [-0.4, -0.2) is 31.5 Å². The van der Waals surface area contributed by atoms with E-state index in [1.54, 1.807) is 0 Å². The largest absolute Gasteiger partial charge is 0.312 e. The quantitative estimate of drug-likeness (QED) is 0.800. The molecule has 4 heteroatoms. The lowest BCUT2D eigenvalue weighted by molar-refractivity contribution is 0.368. The van der Waals surface area contributed by atoms with Crippen LogP contribution in [0.4, 0.5) is 0 Å². The summed E-state index contributed by atoms with van der Waals surface area (Å²) in [7, 11) is -2.73. The molecule has 0 radical (unpaired) electrons.